The summed E-state index contributed by atoms with van der Waals surface area (Å²) in [4.78, 5) is 29.0. The molecule has 1 heterocycles. The zero-order valence-corrected chi connectivity index (χ0v) is 16.0. The molecule has 0 saturated heterocycles. The van der Waals surface area contributed by atoms with E-state index >= 15 is 0 Å². The third-order valence-corrected chi connectivity index (χ3v) is 4.72. The summed E-state index contributed by atoms with van der Waals surface area (Å²) < 4.78 is 5.82. The van der Waals surface area contributed by atoms with E-state index in [4.69, 9.17) is 15.3 Å². The van der Waals surface area contributed by atoms with Gasteiger partial charge in [0.25, 0.3) is 5.79 Å². The van der Waals surface area contributed by atoms with Crippen molar-refractivity contribution in [1.29, 1.82) is 0 Å². The Morgan fingerprint density at radius 2 is 2.00 bits per heavy atom. The molecule has 0 spiro atoms. The number of rotatable bonds is 5. The number of amides is 1. The summed E-state index contributed by atoms with van der Waals surface area (Å²) >= 11 is 0. The van der Waals surface area contributed by atoms with E-state index in [1.54, 1.807) is 24.3 Å². The number of aromatic hydroxyl groups is 2. The van der Waals surface area contributed by atoms with Gasteiger partial charge in [0.1, 0.15) is 17.6 Å². The number of nitrogens with zero attached hydrogens (tertiary/aromatic N) is 1. The summed E-state index contributed by atoms with van der Waals surface area (Å²) in [6.45, 7) is 1.15. The number of benzene rings is 2. The van der Waals surface area contributed by atoms with Gasteiger partial charge in [-0.05, 0) is 22.8 Å². The lowest BCUT2D eigenvalue weighted by molar-refractivity contribution is -0.365. The number of hydrogen-bond acceptors (Lipinski definition) is 8. The molecule has 0 radical (unpaired) electrons. The van der Waals surface area contributed by atoms with Crippen LogP contribution < -0.4 is 5.73 Å². The zero-order chi connectivity index (χ0) is 21.3. The standard InChI is InChI=1S/C20H22N2O7/c1-11(23)19(26)22(2)29-20(27)17-13(7-14(24)8-16(17)25)10-28-18(20)15-6-4-3-5-12(15)9-21/h3-8,18,24-25,27H,9-10,21H2,1-2H3. The van der Waals surface area contributed by atoms with Gasteiger partial charge in [-0.25, -0.2) is 9.90 Å². The smallest absolute Gasteiger partial charge is 0.313 e. The van der Waals surface area contributed by atoms with Crippen molar-refractivity contribution in [1.82, 2.24) is 5.06 Å². The zero-order valence-electron chi connectivity index (χ0n) is 16.0. The second kappa shape index (κ2) is 7.80. The van der Waals surface area contributed by atoms with Gasteiger partial charge in [-0.3, -0.25) is 9.59 Å². The molecular formula is C20H22N2O7. The maximum absolute atomic E-state index is 12.1. The van der Waals surface area contributed by atoms with Crippen LogP contribution in [0.15, 0.2) is 36.4 Å². The molecule has 9 nitrogen and oxygen atoms in total. The number of carbonyl (C=O) groups excluding carboxylic acids is 2. The summed E-state index contributed by atoms with van der Waals surface area (Å²) in [5, 5.41) is 32.4. The SMILES string of the molecule is CC(=O)C(=O)N(C)OC1(O)c2c(O)cc(O)cc2COC1c1ccccc1CN. The quantitative estimate of drug-likeness (QED) is 0.329. The van der Waals surface area contributed by atoms with Gasteiger partial charge in [0.05, 0.1) is 12.2 Å². The van der Waals surface area contributed by atoms with Gasteiger partial charge in [-0.15, -0.1) is 0 Å². The predicted octanol–water partition coefficient (Wildman–Crippen LogP) is 0.952. The van der Waals surface area contributed by atoms with Crippen LogP contribution in [0.25, 0.3) is 0 Å². The summed E-state index contributed by atoms with van der Waals surface area (Å²) in [6.07, 6.45) is -1.19. The number of hydroxylamine groups is 2. The highest BCUT2D eigenvalue weighted by Gasteiger charge is 2.51. The molecule has 3 rings (SSSR count). The first kappa shape index (κ1) is 20.7. The average molecular weight is 402 g/mol. The highest BCUT2D eigenvalue weighted by atomic mass is 16.8. The topological polar surface area (TPSA) is 143 Å². The van der Waals surface area contributed by atoms with Gasteiger partial charge in [0, 0.05) is 26.6 Å². The number of phenols is 2. The number of fused-ring (bicyclic) bond motifs is 1. The second-order valence-electron chi connectivity index (χ2n) is 6.74. The van der Waals surface area contributed by atoms with Crippen LogP contribution in [-0.4, -0.2) is 39.1 Å². The van der Waals surface area contributed by atoms with E-state index < -0.39 is 29.3 Å². The molecule has 5 N–H and O–H groups in total. The van der Waals surface area contributed by atoms with Crippen molar-refractivity contribution in [3.63, 3.8) is 0 Å². The minimum absolute atomic E-state index is 0.0586. The minimum Gasteiger partial charge on any atom is -0.508 e. The van der Waals surface area contributed by atoms with E-state index in [0.717, 1.165) is 13.0 Å². The van der Waals surface area contributed by atoms with Crippen molar-refractivity contribution in [3.05, 3.63) is 58.7 Å². The van der Waals surface area contributed by atoms with Gasteiger partial charge in [0.15, 0.2) is 0 Å². The summed E-state index contributed by atoms with van der Waals surface area (Å²) in [5.74, 6) is -4.89. The Kier molecular flexibility index (Phi) is 5.58. The van der Waals surface area contributed by atoms with Crippen LogP contribution in [0.2, 0.25) is 0 Å². The molecule has 1 amide bonds. The summed E-state index contributed by atoms with van der Waals surface area (Å²) in [7, 11) is 1.17. The predicted molar refractivity (Wildman–Crippen MR) is 100 cm³/mol. The Morgan fingerprint density at radius 3 is 2.66 bits per heavy atom. The highest BCUT2D eigenvalue weighted by molar-refractivity contribution is 6.34. The van der Waals surface area contributed by atoms with Gasteiger partial charge in [-0.2, -0.15) is 0 Å². The number of Topliss-reactive ketones (excluding diaryl/α,β-unsaturated/α-hetero) is 1. The largest absolute Gasteiger partial charge is 0.508 e. The van der Waals surface area contributed by atoms with Gasteiger partial charge in [0.2, 0.25) is 5.78 Å². The molecule has 0 aliphatic carbocycles. The maximum Gasteiger partial charge on any atom is 0.313 e. The van der Waals surface area contributed by atoms with Crippen LogP contribution in [0, 0.1) is 0 Å². The first-order valence-corrected chi connectivity index (χ1v) is 8.84. The Hall–Kier alpha value is -2.98. The number of carbonyl (C=O) groups is 2. The van der Waals surface area contributed by atoms with Gasteiger partial charge in [-0.1, -0.05) is 24.3 Å². The Bertz CT molecular complexity index is 962. The molecule has 2 aromatic rings. The van der Waals surface area contributed by atoms with E-state index in [1.807, 2.05) is 0 Å². The fourth-order valence-corrected chi connectivity index (χ4v) is 3.46. The molecule has 0 saturated carbocycles. The van der Waals surface area contributed by atoms with Crippen LogP contribution in [0.5, 0.6) is 11.5 Å². The summed E-state index contributed by atoms with van der Waals surface area (Å²) in [6, 6.07) is 9.25. The fraction of sp³-hybridized carbons (Fsp3) is 0.300. The van der Waals surface area contributed by atoms with Crippen LogP contribution in [0.3, 0.4) is 0 Å². The van der Waals surface area contributed by atoms with E-state index in [-0.39, 0.29) is 30.0 Å². The number of ketones is 1. The molecule has 1 aliphatic rings. The third-order valence-electron chi connectivity index (χ3n) is 4.72. The first-order chi connectivity index (χ1) is 13.7. The van der Waals surface area contributed by atoms with Crippen molar-refractivity contribution < 1.29 is 34.5 Å². The van der Waals surface area contributed by atoms with E-state index in [0.29, 0.717) is 16.2 Å². The lowest BCUT2D eigenvalue weighted by atomic mass is 9.86. The first-order valence-electron chi connectivity index (χ1n) is 8.84. The van der Waals surface area contributed by atoms with Crippen molar-refractivity contribution in [2.45, 2.75) is 32.0 Å². The molecular weight excluding hydrogens is 380 g/mol. The highest BCUT2D eigenvalue weighted by Crippen LogP contribution is 2.50. The monoisotopic (exact) mass is 402 g/mol. The van der Waals surface area contributed by atoms with Crippen molar-refractivity contribution in [2.75, 3.05) is 7.05 Å². The number of ether oxygens (including phenoxy) is 1. The van der Waals surface area contributed by atoms with Gasteiger partial charge >= 0.3 is 5.91 Å². The molecule has 2 atom stereocenters. The van der Waals surface area contributed by atoms with Gasteiger partial charge < -0.3 is 25.8 Å². The molecule has 0 fully saturated rings. The van der Waals surface area contributed by atoms with Crippen molar-refractivity contribution in [2.24, 2.45) is 5.73 Å². The Balaban J connectivity index is 2.18. The molecule has 0 bridgehead atoms. The lowest BCUT2D eigenvalue weighted by Gasteiger charge is -2.42. The van der Waals surface area contributed by atoms with Crippen LogP contribution in [-0.2, 0) is 38.1 Å². The third kappa shape index (κ3) is 3.68. The molecule has 2 aromatic carbocycles. The Labute approximate surface area is 166 Å². The molecule has 1 aliphatic heterocycles. The fourth-order valence-electron chi connectivity index (χ4n) is 3.46. The number of likely N-dealkylation sites (N-methyl/N-ethyl adjacent to an activating group) is 1. The molecule has 2 unspecified atom stereocenters. The minimum atomic E-state index is -2.39. The Morgan fingerprint density at radius 1 is 1.31 bits per heavy atom. The van der Waals surface area contributed by atoms with Crippen molar-refractivity contribution in [3.8, 4) is 11.5 Å². The number of nitrogens with two attached hydrogens (primary N) is 1. The molecule has 9 heteroatoms. The second-order valence-corrected chi connectivity index (χ2v) is 6.74. The normalized spacial score (nSPS) is 20.8. The average Bonchev–Trinajstić information content (AvgIpc) is 2.66. The summed E-state index contributed by atoms with van der Waals surface area (Å²) in [5.41, 5.74) is 7.13. The van der Waals surface area contributed by atoms with Crippen LogP contribution in [0.1, 0.15) is 35.3 Å². The van der Waals surface area contributed by atoms with Crippen LogP contribution in [0.4, 0.5) is 0 Å². The van der Waals surface area contributed by atoms with Crippen molar-refractivity contribution >= 4 is 11.7 Å². The van der Waals surface area contributed by atoms with E-state index in [9.17, 15) is 24.9 Å². The van der Waals surface area contributed by atoms with E-state index in [2.05, 4.69) is 0 Å². The number of aliphatic hydroxyl groups is 1. The lowest BCUT2D eigenvalue weighted by Crippen LogP contribution is -2.48. The maximum atomic E-state index is 12.1. The van der Waals surface area contributed by atoms with E-state index in [1.165, 1.54) is 13.1 Å². The molecule has 154 valence electrons. The molecule has 29 heavy (non-hydrogen) atoms. The molecule has 0 aromatic heterocycles. The number of phenolic OH excluding ortho intramolecular Hbond substituents is 2. The van der Waals surface area contributed by atoms with Crippen LogP contribution >= 0.6 is 0 Å². The number of hydrogen-bond donors (Lipinski definition) is 4.